The summed E-state index contributed by atoms with van der Waals surface area (Å²) in [5.41, 5.74) is 12.0. The second-order valence-electron chi connectivity index (χ2n) is 25.8. The summed E-state index contributed by atoms with van der Waals surface area (Å²) < 4.78 is 14.7. The molecule has 0 aromatic heterocycles. The smallest absolute Gasteiger partial charge is 0.339 e. The number of hydrogen-bond acceptors (Lipinski definition) is 8. The van der Waals surface area contributed by atoms with E-state index in [1.807, 2.05) is 0 Å². The van der Waals surface area contributed by atoms with Crippen LogP contribution in [0.3, 0.4) is 0 Å². The van der Waals surface area contributed by atoms with Crippen molar-refractivity contribution in [2.45, 2.75) is 178 Å². The van der Waals surface area contributed by atoms with Crippen LogP contribution >= 0.6 is 0 Å². The number of aliphatic hydroxyl groups excluding tert-OH is 1. The van der Waals surface area contributed by atoms with Crippen LogP contribution in [-0.4, -0.2) is 64.6 Å². The zero-order valence-electron chi connectivity index (χ0n) is 40.9. The average molecular weight is 920 g/mol. The third-order valence-corrected chi connectivity index (χ3v) is 23.4. The first-order valence-electron chi connectivity index (χ1n) is 28.7. The van der Waals surface area contributed by atoms with Crippen molar-refractivity contribution in [2.24, 2.45) is 81.7 Å². The van der Waals surface area contributed by atoms with E-state index < -0.39 is 16.4 Å². The molecule has 4 saturated heterocycles. The van der Waals surface area contributed by atoms with Gasteiger partial charge in [0.05, 0.1) is 11.0 Å². The van der Waals surface area contributed by atoms with Gasteiger partial charge in [0, 0.05) is 60.2 Å². The molecule has 8 heteroatoms. The molecule has 7 aliphatic heterocycles. The van der Waals surface area contributed by atoms with E-state index in [0.717, 1.165) is 62.6 Å². The number of carbonyl (C=O) groups excluding carboxylic acids is 2. The Kier molecular flexibility index (Phi) is 9.39. The summed E-state index contributed by atoms with van der Waals surface area (Å²) >= 11 is 0. The predicted octanol–water partition coefficient (Wildman–Crippen LogP) is 11.2. The molecule has 15 atom stereocenters. The fraction of sp³-hybridized carbons (Fsp3) is 0.733. The SMILES string of the molecule is C[C@@H]1CC2=C3[C@H]4C5=C6[C@@H](/C=C\[C@@H](C7CCCCC7)C[C@H]7[C@]68C(=O)O/C(=C(/O)[C@@H]6CC[C@@H]9[C@H]%10C[C@@H](CN9[C@H]6CC6CCCCC6)[C@H](CC2)N3C%10)[C@@]8(CC5)[C@]72OC(=O)c3c(CCCN)cccc32)C[C@H]41. The number of carbonyl (C=O) groups is 2. The second kappa shape index (κ2) is 15.1. The highest BCUT2D eigenvalue weighted by molar-refractivity contribution is 6.00. The number of piperidine rings is 3. The maximum absolute atomic E-state index is 16.5. The van der Waals surface area contributed by atoms with Crippen LogP contribution < -0.4 is 5.73 Å². The van der Waals surface area contributed by atoms with E-state index in [4.69, 9.17) is 15.2 Å². The Hall–Kier alpha value is -3.36. The van der Waals surface area contributed by atoms with Crippen LogP contribution in [0, 0.1) is 75.9 Å². The molecule has 7 fully saturated rings. The van der Waals surface area contributed by atoms with E-state index in [1.54, 1.807) is 16.8 Å². The average Bonchev–Trinajstić information content (AvgIpc) is 3.81. The van der Waals surface area contributed by atoms with Gasteiger partial charge in [-0.1, -0.05) is 99.8 Å². The highest BCUT2D eigenvalue weighted by Gasteiger charge is 2.94. The molecule has 1 aromatic rings. The lowest BCUT2D eigenvalue weighted by Gasteiger charge is -2.73. The molecule has 15 rings (SSSR count). The van der Waals surface area contributed by atoms with Crippen LogP contribution in [0.15, 0.2) is 64.3 Å². The molecule has 0 unspecified atom stereocenters. The van der Waals surface area contributed by atoms with Crippen molar-refractivity contribution in [2.75, 3.05) is 19.6 Å². The lowest BCUT2D eigenvalue weighted by atomic mass is 9.27. The van der Waals surface area contributed by atoms with Crippen LogP contribution in [0.25, 0.3) is 0 Å². The summed E-state index contributed by atoms with van der Waals surface area (Å²) in [6.07, 6.45) is 30.9. The molecule has 8 nitrogen and oxygen atoms in total. The van der Waals surface area contributed by atoms with E-state index >= 15 is 9.59 Å². The molecule has 3 spiro atoms. The van der Waals surface area contributed by atoms with Gasteiger partial charge >= 0.3 is 11.9 Å². The Morgan fingerprint density at radius 2 is 1.69 bits per heavy atom. The largest absolute Gasteiger partial charge is 0.508 e. The number of benzene rings is 1. The maximum atomic E-state index is 16.5. The van der Waals surface area contributed by atoms with E-state index in [0.29, 0.717) is 90.0 Å². The molecule has 362 valence electrons. The summed E-state index contributed by atoms with van der Waals surface area (Å²) in [6, 6.07) is 7.74. The number of hydrogen-bond donors (Lipinski definition) is 2. The number of allylic oxidation sites excluding steroid dienone is 4. The zero-order chi connectivity index (χ0) is 45.4. The van der Waals surface area contributed by atoms with Crippen molar-refractivity contribution in [3.8, 4) is 0 Å². The molecule has 0 amide bonds. The van der Waals surface area contributed by atoms with Gasteiger partial charge in [-0.2, -0.15) is 0 Å². The molecule has 3 N–H and O–H groups in total. The first kappa shape index (κ1) is 42.3. The Labute approximate surface area is 405 Å². The fourth-order valence-corrected chi connectivity index (χ4v) is 21.2. The number of ether oxygens (including phenoxy) is 2. The van der Waals surface area contributed by atoms with Crippen LogP contribution in [0.2, 0.25) is 0 Å². The first-order chi connectivity index (χ1) is 33.3. The van der Waals surface area contributed by atoms with Gasteiger partial charge in [-0.25, -0.2) is 4.79 Å². The van der Waals surface area contributed by atoms with Gasteiger partial charge in [0.1, 0.15) is 11.2 Å². The third kappa shape index (κ3) is 5.17. The van der Waals surface area contributed by atoms with Crippen LogP contribution in [0.4, 0.5) is 0 Å². The number of esters is 2. The van der Waals surface area contributed by atoms with Crippen molar-refractivity contribution in [3.63, 3.8) is 0 Å². The fourth-order valence-electron chi connectivity index (χ4n) is 21.2. The molecule has 0 radical (unpaired) electrons. The van der Waals surface area contributed by atoms with Crippen molar-refractivity contribution in [3.05, 3.63) is 81.0 Å². The van der Waals surface area contributed by atoms with Gasteiger partial charge in [0.2, 0.25) is 0 Å². The molecule has 1 aromatic carbocycles. The van der Waals surface area contributed by atoms with Crippen molar-refractivity contribution < 1.29 is 24.2 Å². The van der Waals surface area contributed by atoms with Gasteiger partial charge in [0.25, 0.3) is 0 Å². The molecular weight excluding hydrogens is 843 g/mol. The van der Waals surface area contributed by atoms with E-state index in [9.17, 15) is 5.11 Å². The highest BCUT2D eigenvalue weighted by Crippen LogP contribution is 2.88. The molecular formula is C60H77N3O5. The number of nitrogens with two attached hydrogens (primary N) is 1. The highest BCUT2D eigenvalue weighted by atomic mass is 16.6. The van der Waals surface area contributed by atoms with Gasteiger partial charge in [-0.05, 0) is 161 Å². The van der Waals surface area contributed by atoms with E-state index in [1.165, 1.54) is 102 Å². The Morgan fingerprint density at radius 3 is 2.53 bits per heavy atom. The van der Waals surface area contributed by atoms with Crippen molar-refractivity contribution in [1.29, 1.82) is 0 Å². The number of aliphatic hydroxyl groups is 1. The maximum Gasteiger partial charge on any atom is 0.339 e. The lowest BCUT2D eigenvalue weighted by Crippen LogP contribution is -2.78. The normalized spacial score (nSPS) is 46.9. The van der Waals surface area contributed by atoms with E-state index in [-0.39, 0.29) is 41.7 Å². The minimum atomic E-state index is -1.13. The summed E-state index contributed by atoms with van der Waals surface area (Å²) in [6.45, 7) is 5.41. The van der Waals surface area contributed by atoms with Gasteiger partial charge in [-0.3, -0.25) is 9.69 Å². The van der Waals surface area contributed by atoms with Crippen LogP contribution in [-0.2, 0) is 26.3 Å². The summed E-state index contributed by atoms with van der Waals surface area (Å²) in [4.78, 5) is 37.8. The number of fused-ring (bicyclic) bond motifs is 8. The van der Waals surface area contributed by atoms with E-state index in [2.05, 4.69) is 47.1 Å². The minimum Gasteiger partial charge on any atom is -0.508 e. The van der Waals surface area contributed by atoms with Crippen LogP contribution in [0.5, 0.6) is 0 Å². The monoisotopic (exact) mass is 920 g/mol. The summed E-state index contributed by atoms with van der Waals surface area (Å²) in [7, 11) is 0. The standard InChI is InChI=1S/C60H77N3O5/c1-33-26-39-19-21-47-40-28-41-32-63(47)53(39)51-43-23-24-58-55(54(64)42-20-22-46(41)62(31-40)48(42)27-34-10-4-2-5-11-34)67-57(66)59(58)49(60(58)45-16-8-14-36(15-9-25-61)50(45)56(65)68-60)30-37(35-12-6-3-7-13-35)17-18-38(52(43)59)29-44(33)51/h8,14,16-18,33-35,37-38,40-42,44,46-49,51,64H,2-7,9-13,15,19-32,61H2,1H3/b18-17-,55-54+/t33-,37-,38+,40+,41+,42-,44+,46-,47+,48+,49+,51+,58-,59-,60-/m1/s1. The number of aryl methyl sites for hydroxylation is 1. The van der Waals surface area contributed by atoms with Crippen molar-refractivity contribution >= 4 is 11.9 Å². The van der Waals surface area contributed by atoms with Gasteiger partial charge in [-0.15, -0.1) is 0 Å². The lowest BCUT2D eigenvalue weighted by molar-refractivity contribution is -0.282. The second-order valence-corrected chi connectivity index (χ2v) is 25.8. The predicted molar refractivity (Wildman–Crippen MR) is 261 cm³/mol. The third-order valence-electron chi connectivity index (χ3n) is 23.4. The Balaban J connectivity index is 1.03. The molecule has 14 aliphatic rings. The molecule has 68 heavy (non-hydrogen) atoms. The molecule has 7 heterocycles. The van der Waals surface area contributed by atoms with Gasteiger partial charge < -0.3 is 25.2 Å². The number of nitrogens with zero attached hydrogens (tertiary/aromatic N) is 2. The first-order valence-corrected chi connectivity index (χ1v) is 28.7. The van der Waals surface area contributed by atoms with Crippen molar-refractivity contribution in [1.82, 2.24) is 9.80 Å². The Morgan fingerprint density at radius 1 is 0.868 bits per heavy atom. The number of rotatable bonds is 6. The topological polar surface area (TPSA) is 105 Å². The molecule has 7 bridgehead atoms. The Bertz CT molecular complexity index is 2470. The molecule has 3 saturated carbocycles. The molecule has 7 aliphatic carbocycles. The quantitative estimate of drug-likeness (QED) is 0.215. The zero-order valence-corrected chi connectivity index (χ0v) is 40.9. The van der Waals surface area contributed by atoms with Gasteiger partial charge in [0.15, 0.2) is 11.4 Å². The van der Waals surface area contributed by atoms with Crippen LogP contribution in [0.1, 0.15) is 170 Å². The summed E-state index contributed by atoms with van der Waals surface area (Å²) in [5, 5.41) is 13.9. The minimum absolute atomic E-state index is 0.112. The summed E-state index contributed by atoms with van der Waals surface area (Å²) in [5.74, 6) is 4.29.